The molecule has 1 rings (SSSR count). The first-order valence-electron chi connectivity index (χ1n) is 6.05. The molecule has 0 radical (unpaired) electrons. The smallest absolute Gasteiger partial charge is 0.317 e. The number of carbonyl (C=O) groups excluding carboxylic acids is 1. The fraction of sp³-hybridized carbons (Fsp3) is 0.833. The topological polar surface area (TPSA) is 69.6 Å². The molecule has 0 aromatic rings. The third kappa shape index (κ3) is 4.63. The van der Waals surface area contributed by atoms with Crippen molar-refractivity contribution in [1.29, 1.82) is 0 Å². The van der Waals surface area contributed by atoms with E-state index in [0.29, 0.717) is 32.5 Å². The lowest BCUT2D eigenvalue weighted by Gasteiger charge is -2.31. The van der Waals surface area contributed by atoms with Gasteiger partial charge in [0, 0.05) is 19.6 Å². The molecule has 0 aliphatic carbocycles. The van der Waals surface area contributed by atoms with Crippen LogP contribution in [0.4, 0.5) is 4.79 Å². The standard InChI is InChI=1S/C12H22N2O3/c1-12(2,3)8-13-11(17)14-6-4-9(5-7-14)10(15)16/h9H,4-8H2,1-3H3,(H,13,17)(H,15,16). The van der Waals surface area contributed by atoms with Crippen LogP contribution in [-0.4, -0.2) is 41.6 Å². The lowest BCUT2D eigenvalue weighted by atomic mass is 9.96. The van der Waals surface area contributed by atoms with Crippen molar-refractivity contribution in [2.45, 2.75) is 33.6 Å². The van der Waals surface area contributed by atoms with Crippen LogP contribution in [0.1, 0.15) is 33.6 Å². The minimum absolute atomic E-state index is 0.0645. The van der Waals surface area contributed by atoms with E-state index in [-0.39, 0.29) is 17.4 Å². The zero-order valence-electron chi connectivity index (χ0n) is 10.8. The summed E-state index contributed by atoms with van der Waals surface area (Å²) in [7, 11) is 0. The highest BCUT2D eigenvalue weighted by Gasteiger charge is 2.27. The Kier molecular flexibility index (Phi) is 4.37. The van der Waals surface area contributed by atoms with Crippen molar-refractivity contribution < 1.29 is 14.7 Å². The van der Waals surface area contributed by atoms with Gasteiger partial charge in [0.25, 0.3) is 0 Å². The largest absolute Gasteiger partial charge is 0.481 e. The van der Waals surface area contributed by atoms with Gasteiger partial charge in [-0.05, 0) is 18.3 Å². The predicted molar refractivity (Wildman–Crippen MR) is 64.8 cm³/mol. The number of rotatable bonds is 2. The molecule has 2 amide bonds. The summed E-state index contributed by atoms with van der Waals surface area (Å²) in [4.78, 5) is 24.3. The van der Waals surface area contributed by atoms with Crippen LogP contribution >= 0.6 is 0 Å². The Morgan fingerprint density at radius 2 is 1.82 bits per heavy atom. The fourth-order valence-corrected chi connectivity index (χ4v) is 1.78. The molecule has 0 unspecified atom stereocenters. The minimum Gasteiger partial charge on any atom is -0.481 e. The number of nitrogens with one attached hydrogen (secondary N) is 1. The zero-order valence-corrected chi connectivity index (χ0v) is 10.8. The van der Waals surface area contributed by atoms with Crippen LogP contribution in [0.2, 0.25) is 0 Å². The SMILES string of the molecule is CC(C)(C)CNC(=O)N1CCC(C(=O)O)CC1. The molecule has 0 aromatic heterocycles. The number of piperidine rings is 1. The summed E-state index contributed by atoms with van der Waals surface area (Å²) in [6.45, 7) is 7.88. The molecule has 2 N–H and O–H groups in total. The summed E-state index contributed by atoms with van der Waals surface area (Å²) in [5.41, 5.74) is 0.0645. The van der Waals surface area contributed by atoms with Crippen molar-refractivity contribution in [2.24, 2.45) is 11.3 Å². The Morgan fingerprint density at radius 1 is 1.29 bits per heavy atom. The molecule has 1 saturated heterocycles. The second-order valence-electron chi connectivity index (χ2n) is 5.82. The molecule has 5 heteroatoms. The van der Waals surface area contributed by atoms with E-state index in [0.717, 1.165) is 0 Å². The second-order valence-corrected chi connectivity index (χ2v) is 5.82. The first-order valence-corrected chi connectivity index (χ1v) is 6.05. The Bertz CT molecular complexity index is 289. The van der Waals surface area contributed by atoms with Crippen LogP contribution in [0.3, 0.4) is 0 Å². The van der Waals surface area contributed by atoms with Crippen molar-refractivity contribution in [2.75, 3.05) is 19.6 Å². The van der Waals surface area contributed by atoms with E-state index in [2.05, 4.69) is 26.1 Å². The number of hydrogen-bond acceptors (Lipinski definition) is 2. The maximum atomic E-state index is 11.8. The average Bonchev–Trinajstić information content (AvgIpc) is 2.25. The third-order valence-electron chi connectivity index (χ3n) is 2.90. The van der Waals surface area contributed by atoms with Crippen LogP contribution in [0, 0.1) is 11.3 Å². The summed E-state index contributed by atoms with van der Waals surface area (Å²) in [5, 5.41) is 11.7. The predicted octanol–water partition coefficient (Wildman–Crippen LogP) is 1.54. The molecule has 0 saturated carbocycles. The van der Waals surface area contributed by atoms with Crippen molar-refractivity contribution >= 4 is 12.0 Å². The third-order valence-corrected chi connectivity index (χ3v) is 2.90. The van der Waals surface area contributed by atoms with E-state index in [1.807, 2.05) is 0 Å². The van der Waals surface area contributed by atoms with Gasteiger partial charge in [-0.2, -0.15) is 0 Å². The molecule has 17 heavy (non-hydrogen) atoms. The van der Waals surface area contributed by atoms with Crippen LogP contribution in [0.15, 0.2) is 0 Å². The summed E-state index contributed by atoms with van der Waals surface area (Å²) in [5.74, 6) is -1.04. The van der Waals surface area contributed by atoms with E-state index in [9.17, 15) is 9.59 Å². The molecule has 1 fully saturated rings. The fourth-order valence-electron chi connectivity index (χ4n) is 1.78. The van der Waals surface area contributed by atoms with Crippen LogP contribution in [0.5, 0.6) is 0 Å². The normalized spacial score (nSPS) is 17.9. The molecule has 1 heterocycles. The Labute approximate surface area is 102 Å². The van der Waals surface area contributed by atoms with Gasteiger partial charge in [0.05, 0.1) is 5.92 Å². The van der Waals surface area contributed by atoms with Crippen molar-refractivity contribution in [3.63, 3.8) is 0 Å². The molecule has 0 aromatic carbocycles. The molecular formula is C12H22N2O3. The van der Waals surface area contributed by atoms with Crippen LogP contribution in [0.25, 0.3) is 0 Å². The van der Waals surface area contributed by atoms with Gasteiger partial charge in [-0.1, -0.05) is 20.8 Å². The van der Waals surface area contributed by atoms with Crippen LogP contribution < -0.4 is 5.32 Å². The molecular weight excluding hydrogens is 220 g/mol. The number of carbonyl (C=O) groups is 2. The monoisotopic (exact) mass is 242 g/mol. The Morgan fingerprint density at radius 3 is 2.24 bits per heavy atom. The Balaban J connectivity index is 2.33. The average molecular weight is 242 g/mol. The lowest BCUT2D eigenvalue weighted by molar-refractivity contribution is -0.143. The van der Waals surface area contributed by atoms with E-state index < -0.39 is 5.97 Å². The highest BCUT2D eigenvalue weighted by Crippen LogP contribution is 2.17. The number of carboxylic acid groups (broad SMARTS) is 1. The molecule has 0 bridgehead atoms. The lowest BCUT2D eigenvalue weighted by Crippen LogP contribution is -2.47. The molecule has 1 aliphatic rings. The van der Waals surface area contributed by atoms with Gasteiger partial charge >= 0.3 is 12.0 Å². The Hall–Kier alpha value is -1.26. The van der Waals surface area contributed by atoms with Crippen molar-refractivity contribution in [3.8, 4) is 0 Å². The molecule has 0 atom stereocenters. The van der Waals surface area contributed by atoms with Gasteiger partial charge in [0.1, 0.15) is 0 Å². The second kappa shape index (κ2) is 5.38. The van der Waals surface area contributed by atoms with E-state index >= 15 is 0 Å². The molecule has 1 aliphatic heterocycles. The number of aliphatic carboxylic acids is 1. The van der Waals surface area contributed by atoms with E-state index in [4.69, 9.17) is 5.11 Å². The van der Waals surface area contributed by atoms with E-state index in [1.54, 1.807) is 4.90 Å². The van der Waals surface area contributed by atoms with Gasteiger partial charge < -0.3 is 15.3 Å². The van der Waals surface area contributed by atoms with Gasteiger partial charge in [0.15, 0.2) is 0 Å². The van der Waals surface area contributed by atoms with Crippen molar-refractivity contribution in [3.05, 3.63) is 0 Å². The number of carboxylic acids is 1. The van der Waals surface area contributed by atoms with Crippen LogP contribution in [-0.2, 0) is 4.79 Å². The maximum Gasteiger partial charge on any atom is 0.317 e. The van der Waals surface area contributed by atoms with E-state index in [1.165, 1.54) is 0 Å². The van der Waals surface area contributed by atoms with Gasteiger partial charge in [-0.25, -0.2) is 4.79 Å². The highest BCUT2D eigenvalue weighted by atomic mass is 16.4. The quantitative estimate of drug-likeness (QED) is 0.771. The first kappa shape index (κ1) is 13.8. The van der Waals surface area contributed by atoms with Gasteiger partial charge in [0.2, 0.25) is 0 Å². The van der Waals surface area contributed by atoms with Gasteiger partial charge in [-0.15, -0.1) is 0 Å². The number of urea groups is 1. The number of nitrogens with zero attached hydrogens (tertiary/aromatic N) is 1. The molecule has 0 spiro atoms. The van der Waals surface area contributed by atoms with Gasteiger partial charge in [-0.3, -0.25) is 4.79 Å². The highest BCUT2D eigenvalue weighted by molar-refractivity contribution is 5.75. The number of hydrogen-bond donors (Lipinski definition) is 2. The summed E-state index contributed by atoms with van der Waals surface area (Å²) >= 11 is 0. The molecule has 5 nitrogen and oxygen atoms in total. The first-order chi connectivity index (χ1) is 7.79. The zero-order chi connectivity index (χ0) is 13.1. The minimum atomic E-state index is -0.750. The summed E-state index contributed by atoms with van der Waals surface area (Å²) in [6, 6.07) is -0.0798. The maximum absolute atomic E-state index is 11.8. The molecule has 98 valence electrons. The van der Waals surface area contributed by atoms with Crippen molar-refractivity contribution in [1.82, 2.24) is 10.2 Å². The number of likely N-dealkylation sites (tertiary alicyclic amines) is 1. The summed E-state index contributed by atoms with van der Waals surface area (Å²) in [6.07, 6.45) is 1.11. The summed E-state index contributed by atoms with van der Waals surface area (Å²) < 4.78 is 0. The number of amides is 2.